The summed E-state index contributed by atoms with van der Waals surface area (Å²) in [6.45, 7) is 0. The number of ether oxygens (including phenoxy) is 1. The molecular formula is C14H18ClNO2. The molecule has 4 heteroatoms. The Morgan fingerprint density at radius 1 is 1.44 bits per heavy atom. The van der Waals surface area contributed by atoms with Gasteiger partial charge in [-0.05, 0) is 30.9 Å². The molecule has 1 saturated carbocycles. The minimum absolute atomic E-state index is 0.00545. The van der Waals surface area contributed by atoms with Gasteiger partial charge in [-0.2, -0.15) is 0 Å². The molecule has 1 N–H and O–H groups in total. The zero-order valence-electron chi connectivity index (χ0n) is 10.5. The van der Waals surface area contributed by atoms with Crippen LogP contribution in [0.1, 0.15) is 31.2 Å². The van der Waals surface area contributed by atoms with Crippen LogP contribution in [0, 0.1) is 0 Å². The van der Waals surface area contributed by atoms with E-state index in [1.807, 2.05) is 24.3 Å². The molecule has 1 amide bonds. The number of anilines is 1. The summed E-state index contributed by atoms with van der Waals surface area (Å²) in [7, 11) is 1.68. The zero-order chi connectivity index (χ0) is 13.0. The van der Waals surface area contributed by atoms with Gasteiger partial charge in [0.1, 0.15) is 0 Å². The van der Waals surface area contributed by atoms with E-state index in [1.165, 1.54) is 0 Å². The summed E-state index contributed by atoms with van der Waals surface area (Å²) >= 11 is 5.84. The molecule has 0 bridgehead atoms. The standard InChI is InChI=1S/C14H18ClNO2/c1-18-14(7-4-8-14)9-13(17)16-12-6-3-2-5-11(12)10-15/h2-3,5-6H,4,7-10H2,1H3,(H,16,17). The number of para-hydroxylation sites is 1. The van der Waals surface area contributed by atoms with Crippen molar-refractivity contribution in [3.8, 4) is 0 Å². The lowest BCUT2D eigenvalue weighted by atomic mass is 9.77. The number of rotatable bonds is 5. The number of benzene rings is 1. The van der Waals surface area contributed by atoms with Crippen molar-refractivity contribution in [2.24, 2.45) is 0 Å². The van der Waals surface area contributed by atoms with E-state index >= 15 is 0 Å². The molecular weight excluding hydrogens is 250 g/mol. The molecule has 0 aliphatic heterocycles. The van der Waals surface area contributed by atoms with E-state index in [0.29, 0.717) is 12.3 Å². The summed E-state index contributed by atoms with van der Waals surface area (Å²) in [4.78, 5) is 12.0. The van der Waals surface area contributed by atoms with E-state index in [9.17, 15) is 4.79 Å². The van der Waals surface area contributed by atoms with E-state index in [-0.39, 0.29) is 11.5 Å². The third kappa shape index (κ3) is 2.85. The van der Waals surface area contributed by atoms with Gasteiger partial charge in [0, 0.05) is 18.7 Å². The Bertz CT molecular complexity index is 424. The van der Waals surface area contributed by atoms with Crippen LogP contribution in [-0.2, 0) is 15.4 Å². The van der Waals surface area contributed by atoms with Crippen LogP contribution in [0.2, 0.25) is 0 Å². The number of methoxy groups -OCH3 is 1. The number of nitrogens with one attached hydrogen (secondary N) is 1. The number of hydrogen-bond acceptors (Lipinski definition) is 2. The van der Waals surface area contributed by atoms with E-state index in [1.54, 1.807) is 7.11 Å². The molecule has 98 valence electrons. The van der Waals surface area contributed by atoms with Gasteiger partial charge in [0.05, 0.1) is 12.0 Å². The van der Waals surface area contributed by atoms with Crippen LogP contribution in [0.25, 0.3) is 0 Å². The molecule has 0 unspecified atom stereocenters. The van der Waals surface area contributed by atoms with E-state index in [4.69, 9.17) is 16.3 Å². The average Bonchev–Trinajstić information content (AvgIpc) is 2.34. The molecule has 1 fully saturated rings. The maximum absolute atomic E-state index is 12.0. The van der Waals surface area contributed by atoms with E-state index in [2.05, 4.69) is 5.32 Å². The molecule has 3 nitrogen and oxygen atoms in total. The molecule has 1 aromatic carbocycles. The van der Waals surface area contributed by atoms with Gasteiger partial charge in [0.2, 0.25) is 5.91 Å². The number of carbonyl (C=O) groups excluding carboxylic acids is 1. The maximum Gasteiger partial charge on any atom is 0.227 e. The van der Waals surface area contributed by atoms with Gasteiger partial charge in [-0.3, -0.25) is 4.79 Å². The highest BCUT2D eigenvalue weighted by Gasteiger charge is 2.39. The molecule has 0 heterocycles. The van der Waals surface area contributed by atoms with Crippen molar-refractivity contribution in [3.63, 3.8) is 0 Å². The van der Waals surface area contributed by atoms with Crippen LogP contribution in [0.3, 0.4) is 0 Å². The summed E-state index contributed by atoms with van der Waals surface area (Å²) in [5.41, 5.74) is 1.50. The fraction of sp³-hybridized carbons (Fsp3) is 0.500. The van der Waals surface area contributed by atoms with E-state index < -0.39 is 0 Å². The lowest BCUT2D eigenvalue weighted by Crippen LogP contribution is -2.42. The largest absolute Gasteiger partial charge is 0.378 e. The second-order valence-electron chi connectivity index (χ2n) is 4.76. The Kier molecular flexibility index (Phi) is 4.25. The fourth-order valence-electron chi connectivity index (χ4n) is 2.27. The Morgan fingerprint density at radius 2 is 2.17 bits per heavy atom. The van der Waals surface area contributed by atoms with Crippen LogP contribution >= 0.6 is 11.6 Å². The number of hydrogen-bond donors (Lipinski definition) is 1. The number of halogens is 1. The van der Waals surface area contributed by atoms with Gasteiger partial charge in [-0.25, -0.2) is 0 Å². The van der Waals surface area contributed by atoms with Crippen LogP contribution < -0.4 is 5.32 Å². The Labute approximate surface area is 112 Å². The van der Waals surface area contributed by atoms with Gasteiger partial charge in [0.25, 0.3) is 0 Å². The van der Waals surface area contributed by atoms with Crippen LogP contribution in [0.4, 0.5) is 5.69 Å². The van der Waals surface area contributed by atoms with Crippen molar-refractivity contribution >= 4 is 23.2 Å². The summed E-state index contributed by atoms with van der Waals surface area (Å²) in [5, 5.41) is 2.92. The van der Waals surface area contributed by atoms with Crippen molar-refractivity contribution in [1.29, 1.82) is 0 Å². The normalized spacial score (nSPS) is 17.0. The third-order valence-corrected chi connectivity index (χ3v) is 3.90. The van der Waals surface area contributed by atoms with Gasteiger partial charge in [-0.1, -0.05) is 18.2 Å². The summed E-state index contributed by atoms with van der Waals surface area (Å²) in [5.74, 6) is 0.389. The van der Waals surface area contributed by atoms with Crippen molar-refractivity contribution in [1.82, 2.24) is 0 Å². The highest BCUT2D eigenvalue weighted by molar-refractivity contribution is 6.17. The third-order valence-electron chi connectivity index (χ3n) is 3.62. The molecule has 0 radical (unpaired) electrons. The molecule has 0 atom stereocenters. The minimum Gasteiger partial charge on any atom is -0.378 e. The SMILES string of the molecule is COC1(CC(=O)Nc2ccccc2CCl)CCC1. The molecule has 0 spiro atoms. The van der Waals surface area contributed by atoms with Gasteiger partial charge < -0.3 is 10.1 Å². The summed E-state index contributed by atoms with van der Waals surface area (Å²) in [6.07, 6.45) is 3.49. The predicted octanol–water partition coefficient (Wildman–Crippen LogP) is 3.32. The number of amides is 1. The first-order valence-electron chi connectivity index (χ1n) is 6.18. The molecule has 2 rings (SSSR count). The zero-order valence-corrected chi connectivity index (χ0v) is 11.3. The smallest absolute Gasteiger partial charge is 0.227 e. The Balaban J connectivity index is 1.98. The van der Waals surface area contributed by atoms with E-state index in [0.717, 1.165) is 30.5 Å². The fourth-order valence-corrected chi connectivity index (χ4v) is 2.50. The summed E-state index contributed by atoms with van der Waals surface area (Å²) in [6, 6.07) is 7.59. The highest BCUT2D eigenvalue weighted by atomic mass is 35.5. The first-order chi connectivity index (χ1) is 8.69. The maximum atomic E-state index is 12.0. The monoisotopic (exact) mass is 267 g/mol. The van der Waals surface area contributed by atoms with Crippen molar-refractivity contribution in [2.75, 3.05) is 12.4 Å². The minimum atomic E-state index is -0.236. The second kappa shape index (κ2) is 5.72. The first kappa shape index (κ1) is 13.4. The van der Waals surface area contributed by atoms with Crippen molar-refractivity contribution < 1.29 is 9.53 Å². The van der Waals surface area contributed by atoms with Gasteiger partial charge >= 0.3 is 0 Å². The lowest BCUT2D eigenvalue weighted by molar-refractivity contribution is -0.129. The lowest BCUT2D eigenvalue weighted by Gasteiger charge is -2.39. The number of alkyl halides is 1. The average molecular weight is 268 g/mol. The molecule has 18 heavy (non-hydrogen) atoms. The molecule has 1 aliphatic rings. The predicted molar refractivity (Wildman–Crippen MR) is 72.8 cm³/mol. The first-order valence-corrected chi connectivity index (χ1v) is 6.71. The Morgan fingerprint density at radius 3 is 2.72 bits per heavy atom. The molecule has 1 aliphatic carbocycles. The van der Waals surface area contributed by atoms with Crippen molar-refractivity contribution in [2.45, 2.75) is 37.2 Å². The van der Waals surface area contributed by atoms with Gasteiger partial charge in [0.15, 0.2) is 0 Å². The second-order valence-corrected chi connectivity index (χ2v) is 5.02. The molecule has 0 saturated heterocycles. The van der Waals surface area contributed by atoms with Crippen LogP contribution in [-0.4, -0.2) is 18.6 Å². The van der Waals surface area contributed by atoms with Gasteiger partial charge in [-0.15, -0.1) is 11.6 Å². The number of carbonyl (C=O) groups is 1. The molecule has 0 aromatic heterocycles. The van der Waals surface area contributed by atoms with Crippen LogP contribution in [0.5, 0.6) is 0 Å². The molecule has 1 aromatic rings. The topological polar surface area (TPSA) is 38.3 Å². The van der Waals surface area contributed by atoms with Crippen LogP contribution in [0.15, 0.2) is 24.3 Å². The quantitative estimate of drug-likeness (QED) is 0.831. The Hall–Kier alpha value is -1.06. The highest BCUT2D eigenvalue weighted by Crippen LogP contribution is 2.38. The summed E-state index contributed by atoms with van der Waals surface area (Å²) < 4.78 is 5.45. The van der Waals surface area contributed by atoms with Crippen molar-refractivity contribution in [3.05, 3.63) is 29.8 Å².